The lowest BCUT2D eigenvalue weighted by Gasteiger charge is -2.30. The predicted molar refractivity (Wildman–Crippen MR) is 157 cm³/mol. The van der Waals surface area contributed by atoms with Crippen molar-refractivity contribution in [2.45, 2.75) is 58.4 Å². The van der Waals surface area contributed by atoms with E-state index in [9.17, 15) is 21.8 Å². The van der Waals surface area contributed by atoms with Crippen LogP contribution in [-0.2, 0) is 11.0 Å². The summed E-state index contributed by atoms with van der Waals surface area (Å²) in [7, 11) is -1.59. The second kappa shape index (κ2) is 13.6. The first kappa shape index (κ1) is 31.3. The lowest BCUT2D eigenvalue weighted by Crippen LogP contribution is -2.49. The van der Waals surface area contributed by atoms with Crippen LogP contribution in [0.3, 0.4) is 0 Å². The van der Waals surface area contributed by atoms with Crippen LogP contribution in [0.4, 0.5) is 29.2 Å². The van der Waals surface area contributed by atoms with Crippen LogP contribution < -0.4 is 20.1 Å². The molecule has 1 aromatic heterocycles. The normalized spacial score (nSPS) is 20.5. The van der Waals surface area contributed by atoms with Crippen molar-refractivity contribution >= 4 is 39.3 Å². The number of hydrogen-bond acceptors (Lipinski definition) is 7. The fraction of sp³-hybridized carbons (Fsp3) is 0.500. The Kier molecular flexibility index (Phi) is 10.3. The highest BCUT2D eigenvalue weighted by Crippen LogP contribution is 2.40. The highest BCUT2D eigenvalue weighted by molar-refractivity contribution is 8.11. The zero-order valence-electron chi connectivity index (χ0n) is 23.2. The van der Waals surface area contributed by atoms with E-state index in [2.05, 4.69) is 31.9 Å². The van der Waals surface area contributed by atoms with Gasteiger partial charge in [0.2, 0.25) is 5.95 Å². The van der Waals surface area contributed by atoms with Gasteiger partial charge in [-0.3, -0.25) is 4.72 Å². The van der Waals surface area contributed by atoms with Gasteiger partial charge in [0.15, 0.2) is 11.6 Å². The van der Waals surface area contributed by atoms with Gasteiger partial charge in [-0.1, -0.05) is 32.2 Å². The van der Waals surface area contributed by atoms with Crippen LogP contribution in [-0.4, -0.2) is 45.0 Å². The Labute approximate surface area is 244 Å². The van der Waals surface area contributed by atoms with Crippen LogP contribution in [0.5, 0.6) is 5.75 Å². The maximum atomic E-state index is 15.0. The molecule has 3 unspecified atom stereocenters. The van der Waals surface area contributed by atoms with Gasteiger partial charge in [-0.2, -0.15) is 0 Å². The molecule has 0 bridgehead atoms. The largest absolute Gasteiger partial charge is 0.460 e. The molecule has 2 aliphatic rings. The van der Waals surface area contributed by atoms with Crippen molar-refractivity contribution in [1.82, 2.24) is 15.3 Å². The Bertz CT molecular complexity index is 1300. The number of aromatic nitrogens is 2. The molecule has 1 aromatic carbocycles. The Morgan fingerprint density at radius 3 is 2.63 bits per heavy atom. The summed E-state index contributed by atoms with van der Waals surface area (Å²) in [6, 6.07) is 3.18. The van der Waals surface area contributed by atoms with Crippen molar-refractivity contribution in [3.8, 4) is 5.75 Å². The SMILES string of the molecule is C=C(C)S/C(=C(/Oc1cc(F)c(NS(=O)CC2CC2)c(F)c1)C(C)CC)c1ccnc(NC2CNCC(F)(F)C2)n1. The van der Waals surface area contributed by atoms with E-state index in [0.717, 1.165) is 25.0 Å². The molecule has 3 N–H and O–H groups in total. The number of rotatable bonds is 13. The standard InChI is InChI=1S/C28H35F4N5O2S2/c1-5-17(4)25(39-20-10-21(29)24(22(30)11-20)37-41(38)14-18-6-7-18)26(40-16(2)3)23-8-9-34-27(36-23)35-19-12-28(31,32)15-33-13-19/h8-11,17-19,33,37H,2,5-7,12-15H2,1,3-4H3,(H,34,35,36)/b26-25+. The van der Waals surface area contributed by atoms with E-state index in [1.54, 1.807) is 13.0 Å². The van der Waals surface area contributed by atoms with Gasteiger partial charge in [-0.25, -0.2) is 31.7 Å². The topological polar surface area (TPSA) is 88.2 Å². The molecule has 1 saturated heterocycles. The van der Waals surface area contributed by atoms with Crippen molar-refractivity contribution in [2.75, 3.05) is 28.9 Å². The van der Waals surface area contributed by atoms with Crippen LogP contribution in [0.1, 0.15) is 52.1 Å². The fourth-order valence-electron chi connectivity index (χ4n) is 4.22. The second-order valence-electron chi connectivity index (χ2n) is 10.5. The van der Waals surface area contributed by atoms with Gasteiger partial charge in [0.25, 0.3) is 5.92 Å². The summed E-state index contributed by atoms with van der Waals surface area (Å²) in [5, 5.41) is 5.69. The maximum Gasteiger partial charge on any atom is 0.262 e. The number of piperidine rings is 1. The van der Waals surface area contributed by atoms with Crippen LogP contribution in [0, 0.1) is 23.5 Å². The number of anilines is 2. The first-order chi connectivity index (χ1) is 19.4. The Hall–Kier alpha value is -2.64. The lowest BCUT2D eigenvalue weighted by molar-refractivity contribution is -0.0244. The molecule has 1 aliphatic heterocycles. The molecular weight excluding hydrogens is 578 g/mol. The zero-order chi connectivity index (χ0) is 29.7. The predicted octanol–water partition coefficient (Wildman–Crippen LogP) is 6.71. The molecule has 0 radical (unpaired) electrons. The van der Waals surface area contributed by atoms with Crippen LogP contribution in [0.25, 0.3) is 4.91 Å². The number of nitrogens with one attached hydrogen (secondary N) is 3. The Morgan fingerprint density at radius 1 is 1.32 bits per heavy atom. The summed E-state index contributed by atoms with van der Waals surface area (Å²) in [6.07, 6.45) is 3.73. The molecule has 224 valence electrons. The molecule has 3 atom stereocenters. The van der Waals surface area contributed by atoms with E-state index in [0.29, 0.717) is 45.9 Å². The van der Waals surface area contributed by atoms with Gasteiger partial charge < -0.3 is 15.4 Å². The first-order valence-corrected chi connectivity index (χ1v) is 15.7. The zero-order valence-corrected chi connectivity index (χ0v) is 24.9. The number of halogens is 4. The molecule has 4 rings (SSSR count). The summed E-state index contributed by atoms with van der Waals surface area (Å²) >= 11 is 1.28. The van der Waals surface area contributed by atoms with E-state index in [4.69, 9.17) is 4.74 Å². The van der Waals surface area contributed by atoms with Crippen LogP contribution >= 0.6 is 11.8 Å². The van der Waals surface area contributed by atoms with E-state index in [-0.39, 0.29) is 30.6 Å². The molecule has 2 aromatic rings. The molecule has 7 nitrogen and oxygen atoms in total. The van der Waals surface area contributed by atoms with Gasteiger partial charge in [0, 0.05) is 49.0 Å². The molecule has 1 aliphatic carbocycles. The summed E-state index contributed by atoms with van der Waals surface area (Å²) in [5.41, 5.74) is -0.0210. The van der Waals surface area contributed by atoms with Gasteiger partial charge in [-0.15, -0.1) is 0 Å². The van der Waals surface area contributed by atoms with Crippen molar-refractivity contribution in [2.24, 2.45) is 11.8 Å². The summed E-state index contributed by atoms with van der Waals surface area (Å²) < 4.78 is 78.6. The highest BCUT2D eigenvalue weighted by Gasteiger charge is 2.36. The number of alkyl halides is 2. The number of allylic oxidation sites excluding steroid dienone is 2. The monoisotopic (exact) mass is 613 g/mol. The van der Waals surface area contributed by atoms with E-state index < -0.39 is 40.3 Å². The van der Waals surface area contributed by atoms with Crippen LogP contribution in [0.15, 0.2) is 41.6 Å². The quantitative estimate of drug-likeness (QED) is 0.171. The van der Waals surface area contributed by atoms with Crippen molar-refractivity contribution < 1.29 is 26.5 Å². The summed E-state index contributed by atoms with van der Waals surface area (Å²) in [4.78, 5) is 10.0. The minimum atomic E-state index is -2.84. The Morgan fingerprint density at radius 2 is 2.02 bits per heavy atom. The minimum Gasteiger partial charge on any atom is -0.460 e. The van der Waals surface area contributed by atoms with Crippen molar-refractivity contribution in [3.05, 3.63) is 59.0 Å². The van der Waals surface area contributed by atoms with Crippen LogP contribution in [0.2, 0.25) is 0 Å². The number of hydrogen-bond donors (Lipinski definition) is 3. The maximum absolute atomic E-state index is 15.0. The molecule has 2 fully saturated rings. The molecular formula is C28H35F4N5O2S2. The highest BCUT2D eigenvalue weighted by atomic mass is 32.2. The number of benzene rings is 1. The third-order valence-electron chi connectivity index (χ3n) is 6.64. The van der Waals surface area contributed by atoms with Gasteiger partial charge in [0.1, 0.15) is 28.2 Å². The average molecular weight is 614 g/mol. The molecule has 1 saturated carbocycles. The lowest BCUT2D eigenvalue weighted by atomic mass is 10.0. The summed E-state index contributed by atoms with van der Waals surface area (Å²) in [6.45, 7) is 9.61. The average Bonchev–Trinajstić information content (AvgIpc) is 3.71. The van der Waals surface area contributed by atoms with E-state index in [1.807, 2.05) is 13.8 Å². The second-order valence-corrected chi connectivity index (χ2v) is 13.1. The van der Waals surface area contributed by atoms with E-state index in [1.165, 1.54) is 18.0 Å². The molecule has 41 heavy (non-hydrogen) atoms. The van der Waals surface area contributed by atoms with Crippen molar-refractivity contribution in [1.29, 1.82) is 0 Å². The first-order valence-electron chi connectivity index (χ1n) is 13.5. The van der Waals surface area contributed by atoms with E-state index >= 15 is 0 Å². The van der Waals surface area contributed by atoms with Gasteiger partial charge in [-0.05, 0) is 43.1 Å². The third kappa shape index (κ3) is 8.92. The molecule has 13 heteroatoms. The number of thioether (sulfide) groups is 1. The smallest absolute Gasteiger partial charge is 0.262 e. The molecule has 0 spiro atoms. The van der Waals surface area contributed by atoms with Gasteiger partial charge in [0.05, 0.1) is 17.1 Å². The minimum absolute atomic E-state index is 0.0726. The van der Waals surface area contributed by atoms with Crippen molar-refractivity contribution in [3.63, 3.8) is 0 Å². The molecule has 0 amide bonds. The third-order valence-corrected chi connectivity index (χ3v) is 8.81. The number of ether oxygens (including phenoxy) is 1. The molecule has 2 heterocycles. The summed E-state index contributed by atoms with van der Waals surface area (Å²) in [5.74, 6) is -3.71. The van der Waals surface area contributed by atoms with Gasteiger partial charge >= 0.3 is 0 Å². The Balaban J connectivity index is 1.64. The number of nitrogens with zero attached hydrogens (tertiary/aromatic N) is 2. The fourth-order valence-corrected chi connectivity index (χ4v) is 6.40.